The summed E-state index contributed by atoms with van der Waals surface area (Å²) in [5.74, 6) is 1.51. The first-order valence-corrected chi connectivity index (χ1v) is 11.0. The van der Waals surface area contributed by atoms with E-state index >= 15 is 0 Å². The summed E-state index contributed by atoms with van der Waals surface area (Å²) in [7, 11) is 5.73. The number of nitrogens with one attached hydrogen (secondary N) is 2. The highest BCUT2D eigenvalue weighted by Gasteiger charge is 2.14. The Morgan fingerprint density at radius 2 is 1.71 bits per heavy atom. The van der Waals surface area contributed by atoms with E-state index in [-0.39, 0.29) is 12.4 Å². The van der Waals surface area contributed by atoms with Gasteiger partial charge in [-0.15, -0.1) is 0 Å². The molecule has 5 N–H and O–H groups in total. The lowest BCUT2D eigenvalue weighted by atomic mass is 10.1. The lowest BCUT2D eigenvalue weighted by Gasteiger charge is -2.18. The average Bonchev–Trinajstić information content (AvgIpc) is 2.83. The molecule has 1 aromatic heterocycles. The van der Waals surface area contributed by atoms with Crippen LogP contribution in [-0.2, 0) is 19.8 Å². The van der Waals surface area contributed by atoms with Crippen LogP contribution in [0, 0.1) is 12.3 Å². The summed E-state index contributed by atoms with van der Waals surface area (Å²) in [5.41, 5.74) is 11.3. The van der Waals surface area contributed by atoms with E-state index in [9.17, 15) is 5.11 Å². The fraction of sp³-hybridized carbons (Fsp3) is 0.269. The van der Waals surface area contributed by atoms with Gasteiger partial charge in [0.25, 0.3) is 0 Å². The van der Waals surface area contributed by atoms with Crippen molar-refractivity contribution in [1.82, 2.24) is 9.88 Å². The number of rotatable bonds is 9. The van der Waals surface area contributed by atoms with Crippen LogP contribution in [0.5, 0.6) is 5.75 Å². The van der Waals surface area contributed by atoms with Crippen LogP contribution >= 0.6 is 0 Å². The third-order valence-corrected chi connectivity index (χ3v) is 5.45. The van der Waals surface area contributed by atoms with Gasteiger partial charge in [0, 0.05) is 44.4 Å². The van der Waals surface area contributed by atoms with E-state index < -0.39 is 0 Å². The Morgan fingerprint density at radius 3 is 2.26 bits per heavy atom. The number of nitrogen functional groups attached to an aromatic ring is 1. The molecule has 0 saturated carbocycles. The first-order chi connectivity index (χ1) is 16.3. The summed E-state index contributed by atoms with van der Waals surface area (Å²) in [6.07, 6.45) is 1.72. The van der Waals surface area contributed by atoms with E-state index in [4.69, 9.17) is 15.9 Å². The van der Waals surface area contributed by atoms with Gasteiger partial charge in [0.05, 0.1) is 24.2 Å². The zero-order valence-corrected chi connectivity index (χ0v) is 20.1. The molecule has 0 aliphatic rings. The molecular weight excluding hydrogens is 428 g/mol. The standard InChI is InChI=1S/C26H32N6O2/c1-17-24(34-16-19-7-9-20(10-8-19)25(27)28)22(15-33)23(14-30-17)31-13-18-5-11-21(12-6-18)26(29-2)32(3)4/h5-12,14,31,33H,13,15-16H2,1-4H3,(H3,27,28). The lowest BCUT2D eigenvalue weighted by Crippen LogP contribution is -2.22. The zero-order chi connectivity index (χ0) is 24.7. The summed E-state index contributed by atoms with van der Waals surface area (Å²) in [5, 5.41) is 21.0. The van der Waals surface area contributed by atoms with Gasteiger partial charge in [0.2, 0.25) is 0 Å². The van der Waals surface area contributed by atoms with Crippen molar-refractivity contribution >= 4 is 17.4 Å². The Balaban J connectivity index is 1.72. The van der Waals surface area contributed by atoms with E-state index in [1.165, 1.54) is 0 Å². The van der Waals surface area contributed by atoms with Gasteiger partial charge in [0.15, 0.2) is 0 Å². The van der Waals surface area contributed by atoms with Gasteiger partial charge in [-0.3, -0.25) is 15.4 Å². The number of amidine groups is 2. The van der Waals surface area contributed by atoms with Crippen LogP contribution < -0.4 is 15.8 Å². The van der Waals surface area contributed by atoms with Crippen LogP contribution in [-0.4, -0.2) is 47.8 Å². The van der Waals surface area contributed by atoms with E-state index in [0.717, 1.165) is 28.2 Å². The number of hydrogen-bond acceptors (Lipinski definition) is 6. The van der Waals surface area contributed by atoms with Crippen LogP contribution in [0.2, 0.25) is 0 Å². The number of aryl methyl sites for hydroxylation is 1. The Bertz CT molecular complexity index is 1160. The second kappa shape index (κ2) is 11.3. The molecular formula is C26H32N6O2. The monoisotopic (exact) mass is 460 g/mol. The maximum absolute atomic E-state index is 10.1. The maximum atomic E-state index is 10.1. The van der Waals surface area contributed by atoms with Gasteiger partial charge in [0.1, 0.15) is 24.0 Å². The van der Waals surface area contributed by atoms with Crippen LogP contribution in [0.25, 0.3) is 0 Å². The number of anilines is 1. The van der Waals surface area contributed by atoms with E-state index in [0.29, 0.717) is 35.7 Å². The molecule has 8 heteroatoms. The highest BCUT2D eigenvalue weighted by molar-refractivity contribution is 5.98. The predicted molar refractivity (Wildman–Crippen MR) is 137 cm³/mol. The molecule has 0 bridgehead atoms. The molecule has 3 rings (SSSR count). The number of benzene rings is 2. The molecule has 178 valence electrons. The number of nitrogens with zero attached hydrogens (tertiary/aromatic N) is 3. The Hall–Kier alpha value is -3.91. The van der Waals surface area contributed by atoms with E-state index in [2.05, 4.69) is 27.4 Å². The molecule has 0 aliphatic heterocycles. The second-order valence-corrected chi connectivity index (χ2v) is 8.11. The number of aliphatic hydroxyl groups is 1. The molecule has 0 atom stereocenters. The second-order valence-electron chi connectivity index (χ2n) is 8.11. The summed E-state index contributed by atoms with van der Waals surface area (Å²) in [6.45, 7) is 2.56. The average molecular weight is 461 g/mol. The third kappa shape index (κ3) is 5.90. The van der Waals surface area contributed by atoms with Crippen LogP contribution in [0.3, 0.4) is 0 Å². The number of aliphatic imine (C=N–C) groups is 1. The van der Waals surface area contributed by atoms with Crippen LogP contribution in [0.4, 0.5) is 5.69 Å². The Morgan fingerprint density at radius 1 is 1.09 bits per heavy atom. The molecule has 34 heavy (non-hydrogen) atoms. The fourth-order valence-corrected chi connectivity index (χ4v) is 3.63. The molecule has 0 radical (unpaired) electrons. The molecule has 0 saturated heterocycles. The Labute approximate surface area is 200 Å². The summed E-state index contributed by atoms with van der Waals surface area (Å²) < 4.78 is 6.05. The number of ether oxygens (including phenoxy) is 1. The smallest absolute Gasteiger partial charge is 0.148 e. The predicted octanol–water partition coefficient (Wildman–Crippen LogP) is 3.30. The first kappa shape index (κ1) is 24.7. The topological polar surface area (TPSA) is 120 Å². The molecule has 0 unspecified atom stereocenters. The summed E-state index contributed by atoms with van der Waals surface area (Å²) in [4.78, 5) is 10.8. The molecule has 1 heterocycles. The molecule has 3 aromatic rings. The maximum Gasteiger partial charge on any atom is 0.148 e. The normalized spacial score (nSPS) is 11.3. The first-order valence-electron chi connectivity index (χ1n) is 11.0. The quantitative estimate of drug-likeness (QED) is 0.287. The van der Waals surface area contributed by atoms with Gasteiger partial charge in [-0.2, -0.15) is 0 Å². The number of nitrogens with two attached hydrogens (primary N) is 1. The van der Waals surface area contributed by atoms with E-state index in [1.54, 1.807) is 25.4 Å². The SMILES string of the molecule is CN=C(c1ccc(CNc2cnc(C)c(OCc3ccc(C(=N)N)cc3)c2CO)cc1)N(C)C. The van der Waals surface area contributed by atoms with Crippen molar-refractivity contribution in [2.45, 2.75) is 26.7 Å². The summed E-state index contributed by atoms with van der Waals surface area (Å²) in [6, 6.07) is 15.5. The molecule has 2 aromatic carbocycles. The van der Waals surface area contributed by atoms with Gasteiger partial charge >= 0.3 is 0 Å². The van der Waals surface area contributed by atoms with Crippen molar-refractivity contribution in [3.8, 4) is 5.75 Å². The van der Waals surface area contributed by atoms with Crippen molar-refractivity contribution in [3.63, 3.8) is 0 Å². The minimum absolute atomic E-state index is 0.0279. The highest BCUT2D eigenvalue weighted by atomic mass is 16.5. The minimum Gasteiger partial charge on any atom is -0.487 e. The van der Waals surface area contributed by atoms with Crippen LogP contribution in [0.1, 0.15) is 33.5 Å². The van der Waals surface area contributed by atoms with Gasteiger partial charge < -0.3 is 25.8 Å². The van der Waals surface area contributed by atoms with Crippen molar-refractivity contribution < 1.29 is 9.84 Å². The third-order valence-electron chi connectivity index (χ3n) is 5.45. The fourth-order valence-electron chi connectivity index (χ4n) is 3.63. The highest BCUT2D eigenvalue weighted by Crippen LogP contribution is 2.30. The number of hydrogen-bond donors (Lipinski definition) is 4. The van der Waals surface area contributed by atoms with Crippen molar-refractivity contribution in [2.24, 2.45) is 10.7 Å². The molecule has 0 spiro atoms. The van der Waals surface area contributed by atoms with Crippen molar-refractivity contribution in [2.75, 3.05) is 26.5 Å². The number of aliphatic hydroxyl groups excluding tert-OH is 1. The molecule has 0 fully saturated rings. The molecule has 8 nitrogen and oxygen atoms in total. The van der Waals surface area contributed by atoms with E-state index in [1.807, 2.05) is 50.2 Å². The minimum atomic E-state index is -0.178. The van der Waals surface area contributed by atoms with Crippen molar-refractivity contribution in [3.05, 3.63) is 88.2 Å². The molecule has 0 aliphatic carbocycles. The number of aromatic nitrogens is 1. The Kier molecular flexibility index (Phi) is 8.21. The van der Waals surface area contributed by atoms with Crippen molar-refractivity contribution in [1.29, 1.82) is 5.41 Å². The van der Waals surface area contributed by atoms with Gasteiger partial charge in [-0.25, -0.2) is 0 Å². The number of pyridine rings is 1. The van der Waals surface area contributed by atoms with Gasteiger partial charge in [-0.1, -0.05) is 48.5 Å². The molecule has 0 amide bonds. The van der Waals surface area contributed by atoms with Gasteiger partial charge in [-0.05, 0) is 18.1 Å². The summed E-state index contributed by atoms with van der Waals surface area (Å²) >= 11 is 0. The zero-order valence-electron chi connectivity index (χ0n) is 20.1. The lowest BCUT2D eigenvalue weighted by molar-refractivity contribution is 0.258. The van der Waals surface area contributed by atoms with Crippen LogP contribution in [0.15, 0.2) is 59.7 Å². The largest absolute Gasteiger partial charge is 0.487 e.